The van der Waals surface area contributed by atoms with Gasteiger partial charge in [0.05, 0.1) is 10.9 Å². The second kappa shape index (κ2) is 6.08. The zero-order valence-corrected chi connectivity index (χ0v) is 12.7. The van der Waals surface area contributed by atoms with Crippen molar-refractivity contribution in [2.75, 3.05) is 0 Å². The van der Waals surface area contributed by atoms with Crippen LogP contribution in [0.3, 0.4) is 0 Å². The van der Waals surface area contributed by atoms with E-state index in [1.165, 1.54) is 12.1 Å². The predicted octanol–water partition coefficient (Wildman–Crippen LogP) is 5.23. The first kappa shape index (κ1) is 14.3. The summed E-state index contributed by atoms with van der Waals surface area (Å²) in [5.41, 5.74) is 1.70. The summed E-state index contributed by atoms with van der Waals surface area (Å²) in [6, 6.07) is 23.2. The van der Waals surface area contributed by atoms with Crippen LogP contribution >= 0.6 is 0 Å². The molecule has 0 aliphatic heterocycles. The highest BCUT2D eigenvalue weighted by Crippen LogP contribution is 2.30. The molecule has 24 heavy (non-hydrogen) atoms. The Kier molecular flexibility index (Phi) is 3.63. The summed E-state index contributed by atoms with van der Waals surface area (Å²) in [6.07, 6.45) is 0. The molecule has 0 fully saturated rings. The largest absolute Gasteiger partial charge is 0.438 e. The van der Waals surface area contributed by atoms with Crippen molar-refractivity contribution in [2.24, 2.45) is 0 Å². The second-order valence-electron chi connectivity index (χ2n) is 5.29. The van der Waals surface area contributed by atoms with Gasteiger partial charge in [-0.1, -0.05) is 42.5 Å². The fourth-order valence-electron chi connectivity index (χ4n) is 2.46. The lowest BCUT2D eigenvalue weighted by Gasteiger charge is -2.10. The van der Waals surface area contributed by atoms with Crippen LogP contribution in [0.4, 0.5) is 4.39 Å². The van der Waals surface area contributed by atoms with Crippen molar-refractivity contribution >= 4 is 10.9 Å². The molecule has 3 aromatic carbocycles. The molecular formula is C20H13FN2O. The lowest BCUT2D eigenvalue weighted by Crippen LogP contribution is -1.96. The average Bonchev–Trinajstić information content (AvgIpc) is 2.64. The van der Waals surface area contributed by atoms with Gasteiger partial charge in [-0.2, -0.15) is 4.98 Å². The molecular weight excluding hydrogens is 303 g/mol. The first-order valence-corrected chi connectivity index (χ1v) is 7.55. The Hall–Kier alpha value is -3.27. The molecule has 0 saturated heterocycles. The summed E-state index contributed by atoms with van der Waals surface area (Å²) in [4.78, 5) is 9.17. The van der Waals surface area contributed by atoms with Crippen molar-refractivity contribution in [3.63, 3.8) is 0 Å². The summed E-state index contributed by atoms with van der Waals surface area (Å²) >= 11 is 0. The fraction of sp³-hybridized carbons (Fsp3) is 0. The molecule has 0 bridgehead atoms. The van der Waals surface area contributed by atoms with Crippen molar-refractivity contribution in [3.05, 3.63) is 84.7 Å². The van der Waals surface area contributed by atoms with Crippen LogP contribution in [0.2, 0.25) is 0 Å². The van der Waals surface area contributed by atoms with E-state index in [4.69, 9.17) is 4.74 Å². The minimum absolute atomic E-state index is 0.306. The molecule has 0 atom stereocenters. The number of halogens is 1. The maximum Gasteiger partial charge on any atom is 0.230 e. The van der Waals surface area contributed by atoms with E-state index in [1.807, 2.05) is 54.6 Å². The molecule has 0 saturated carbocycles. The van der Waals surface area contributed by atoms with Gasteiger partial charge in [0.15, 0.2) is 5.82 Å². The Morgan fingerprint density at radius 3 is 2.21 bits per heavy atom. The second-order valence-corrected chi connectivity index (χ2v) is 5.29. The molecule has 3 nitrogen and oxygen atoms in total. The van der Waals surface area contributed by atoms with Crippen LogP contribution in [0, 0.1) is 5.82 Å². The molecule has 0 aliphatic rings. The van der Waals surface area contributed by atoms with E-state index in [-0.39, 0.29) is 5.82 Å². The first-order chi connectivity index (χ1) is 11.8. The van der Waals surface area contributed by atoms with Gasteiger partial charge in [0.2, 0.25) is 5.88 Å². The van der Waals surface area contributed by atoms with Crippen molar-refractivity contribution in [3.8, 4) is 23.0 Å². The third kappa shape index (κ3) is 2.82. The number of fused-ring (bicyclic) bond motifs is 1. The van der Waals surface area contributed by atoms with Gasteiger partial charge in [0.25, 0.3) is 0 Å². The normalized spacial score (nSPS) is 10.7. The van der Waals surface area contributed by atoms with Crippen LogP contribution < -0.4 is 4.74 Å². The molecule has 0 radical (unpaired) electrons. The molecule has 0 aliphatic carbocycles. The van der Waals surface area contributed by atoms with Crippen LogP contribution in [-0.4, -0.2) is 9.97 Å². The minimum Gasteiger partial charge on any atom is -0.438 e. The number of hydrogen-bond donors (Lipinski definition) is 0. The average molecular weight is 316 g/mol. The van der Waals surface area contributed by atoms with Gasteiger partial charge in [0, 0.05) is 5.56 Å². The van der Waals surface area contributed by atoms with Gasteiger partial charge in [-0.3, -0.25) is 0 Å². The zero-order chi connectivity index (χ0) is 16.4. The number of para-hydroxylation sites is 1. The minimum atomic E-state index is -0.306. The van der Waals surface area contributed by atoms with E-state index >= 15 is 0 Å². The SMILES string of the molecule is Fc1ccc(Oc2nc(-c3ccccc3)nc3ccccc23)cc1. The number of aromatic nitrogens is 2. The third-order valence-electron chi connectivity index (χ3n) is 3.63. The Morgan fingerprint density at radius 2 is 1.42 bits per heavy atom. The van der Waals surface area contributed by atoms with Gasteiger partial charge in [-0.15, -0.1) is 0 Å². The molecule has 0 N–H and O–H groups in total. The highest BCUT2D eigenvalue weighted by atomic mass is 19.1. The van der Waals surface area contributed by atoms with Crippen LogP contribution in [0.5, 0.6) is 11.6 Å². The highest BCUT2D eigenvalue weighted by Gasteiger charge is 2.11. The number of hydrogen-bond acceptors (Lipinski definition) is 3. The maximum absolute atomic E-state index is 13.1. The number of ether oxygens (including phenoxy) is 1. The molecule has 4 rings (SSSR count). The predicted molar refractivity (Wildman–Crippen MR) is 91.4 cm³/mol. The van der Waals surface area contributed by atoms with Gasteiger partial charge in [-0.05, 0) is 36.4 Å². The Labute approximate surface area is 138 Å². The Bertz CT molecular complexity index is 985. The Morgan fingerprint density at radius 1 is 0.708 bits per heavy atom. The lowest BCUT2D eigenvalue weighted by molar-refractivity contribution is 0.467. The number of nitrogens with zero attached hydrogens (tertiary/aromatic N) is 2. The molecule has 0 amide bonds. The Balaban J connectivity index is 1.85. The monoisotopic (exact) mass is 316 g/mol. The zero-order valence-electron chi connectivity index (χ0n) is 12.7. The van der Waals surface area contributed by atoms with E-state index in [0.717, 1.165) is 16.5 Å². The summed E-state index contributed by atoms with van der Waals surface area (Å²) in [7, 11) is 0. The van der Waals surface area contributed by atoms with Gasteiger partial charge in [0.1, 0.15) is 11.6 Å². The lowest BCUT2D eigenvalue weighted by atomic mass is 10.2. The van der Waals surface area contributed by atoms with Gasteiger partial charge >= 0.3 is 0 Å². The standard InChI is InChI=1S/C20H13FN2O/c21-15-10-12-16(13-11-15)24-20-17-8-4-5-9-18(17)22-19(23-20)14-6-2-1-3-7-14/h1-13H. The van der Waals surface area contributed by atoms with E-state index in [9.17, 15) is 4.39 Å². The third-order valence-corrected chi connectivity index (χ3v) is 3.63. The summed E-state index contributed by atoms with van der Waals surface area (Å²) in [5.74, 6) is 1.26. The van der Waals surface area contributed by atoms with Crippen molar-refractivity contribution in [2.45, 2.75) is 0 Å². The van der Waals surface area contributed by atoms with E-state index in [0.29, 0.717) is 17.5 Å². The molecule has 116 valence electrons. The van der Waals surface area contributed by atoms with E-state index in [2.05, 4.69) is 9.97 Å². The van der Waals surface area contributed by atoms with Crippen LogP contribution in [0.25, 0.3) is 22.3 Å². The number of benzene rings is 3. The van der Waals surface area contributed by atoms with E-state index in [1.54, 1.807) is 12.1 Å². The van der Waals surface area contributed by atoms with Crippen LogP contribution in [0.1, 0.15) is 0 Å². The molecule has 4 heteroatoms. The van der Waals surface area contributed by atoms with Crippen molar-refractivity contribution in [1.29, 1.82) is 0 Å². The highest BCUT2D eigenvalue weighted by molar-refractivity contribution is 5.85. The molecule has 0 spiro atoms. The topological polar surface area (TPSA) is 35.0 Å². The van der Waals surface area contributed by atoms with Crippen LogP contribution in [0.15, 0.2) is 78.9 Å². The molecule has 1 heterocycles. The summed E-state index contributed by atoms with van der Waals surface area (Å²) < 4.78 is 19.0. The van der Waals surface area contributed by atoms with E-state index < -0.39 is 0 Å². The summed E-state index contributed by atoms with van der Waals surface area (Å²) in [5, 5.41) is 0.807. The molecule has 0 unspecified atom stereocenters. The summed E-state index contributed by atoms with van der Waals surface area (Å²) in [6.45, 7) is 0. The van der Waals surface area contributed by atoms with Gasteiger partial charge < -0.3 is 4.74 Å². The fourth-order valence-corrected chi connectivity index (χ4v) is 2.46. The smallest absolute Gasteiger partial charge is 0.230 e. The molecule has 1 aromatic heterocycles. The first-order valence-electron chi connectivity index (χ1n) is 7.55. The van der Waals surface area contributed by atoms with Crippen molar-refractivity contribution < 1.29 is 9.13 Å². The van der Waals surface area contributed by atoms with Crippen molar-refractivity contribution in [1.82, 2.24) is 9.97 Å². The number of rotatable bonds is 3. The van der Waals surface area contributed by atoms with Crippen LogP contribution in [-0.2, 0) is 0 Å². The molecule has 4 aromatic rings. The van der Waals surface area contributed by atoms with Gasteiger partial charge in [-0.25, -0.2) is 9.37 Å². The quantitative estimate of drug-likeness (QED) is 0.519. The maximum atomic E-state index is 13.1.